The third kappa shape index (κ3) is 4.53. The first-order chi connectivity index (χ1) is 15.9. The normalized spacial score (nSPS) is 16.2. The van der Waals surface area contributed by atoms with Crippen molar-refractivity contribution in [1.82, 2.24) is 4.90 Å². The summed E-state index contributed by atoms with van der Waals surface area (Å²) in [7, 11) is 0. The minimum atomic E-state index is -2.24. The number of likely N-dealkylation sites (tertiary alicyclic amines) is 1. The van der Waals surface area contributed by atoms with Gasteiger partial charge in [0.15, 0.2) is 0 Å². The minimum Gasteiger partial charge on any atom is -0.479 e. The van der Waals surface area contributed by atoms with Crippen molar-refractivity contribution in [3.63, 3.8) is 0 Å². The smallest absolute Gasteiger partial charge is 0.345 e. The van der Waals surface area contributed by atoms with Gasteiger partial charge < -0.3 is 20.8 Å². The number of nitrogens with zero attached hydrogens (tertiary/aromatic N) is 1. The van der Waals surface area contributed by atoms with Crippen molar-refractivity contribution >= 4 is 11.9 Å². The van der Waals surface area contributed by atoms with E-state index in [1.54, 1.807) is 47.4 Å². The lowest BCUT2D eigenvalue weighted by atomic mass is 9.85. The molecule has 3 aromatic carbocycles. The summed E-state index contributed by atoms with van der Waals surface area (Å²) in [5.41, 5.74) is 6.64. The molecular weight excluding hydrogens is 416 g/mol. The molecule has 170 valence electrons. The monoisotopic (exact) mass is 444 g/mol. The Morgan fingerprint density at radius 1 is 0.909 bits per heavy atom. The quantitative estimate of drug-likeness (QED) is 0.540. The molecule has 1 saturated heterocycles. The molecule has 33 heavy (non-hydrogen) atoms. The molecule has 4 rings (SSSR count). The lowest BCUT2D eigenvalue weighted by Gasteiger charge is -2.33. The van der Waals surface area contributed by atoms with Gasteiger partial charge in [-0.2, -0.15) is 0 Å². The summed E-state index contributed by atoms with van der Waals surface area (Å²) in [5.74, 6) is -1.17. The third-order valence-electron chi connectivity index (χ3n) is 6.47. The van der Waals surface area contributed by atoms with Crippen LogP contribution in [-0.4, -0.2) is 40.1 Å². The molecule has 6 heteroatoms. The van der Waals surface area contributed by atoms with E-state index in [-0.39, 0.29) is 17.0 Å². The molecule has 4 N–H and O–H groups in total. The molecule has 1 aliphatic heterocycles. The second-order valence-corrected chi connectivity index (χ2v) is 8.48. The molecule has 1 heterocycles. The van der Waals surface area contributed by atoms with E-state index in [1.165, 1.54) is 17.7 Å². The molecule has 0 aliphatic carbocycles. The minimum absolute atomic E-state index is 0.153. The third-order valence-corrected chi connectivity index (χ3v) is 6.47. The first-order valence-electron chi connectivity index (χ1n) is 11.1. The Bertz CT molecular complexity index is 1140. The summed E-state index contributed by atoms with van der Waals surface area (Å²) in [5, 5.41) is 21.0. The van der Waals surface area contributed by atoms with Crippen LogP contribution in [0.4, 0.5) is 0 Å². The summed E-state index contributed by atoms with van der Waals surface area (Å²) < 4.78 is 0. The van der Waals surface area contributed by atoms with Gasteiger partial charge in [-0.1, -0.05) is 66.7 Å². The second kappa shape index (κ2) is 9.57. The molecular formula is C27H28N2O4. The van der Waals surface area contributed by atoms with Crippen LogP contribution in [0, 0.1) is 0 Å². The number of carboxylic acid groups (broad SMARTS) is 1. The highest BCUT2D eigenvalue weighted by Crippen LogP contribution is 2.32. The van der Waals surface area contributed by atoms with E-state index in [0.717, 1.165) is 18.4 Å². The molecule has 1 amide bonds. The molecule has 0 spiro atoms. The van der Waals surface area contributed by atoms with E-state index < -0.39 is 11.6 Å². The van der Waals surface area contributed by atoms with E-state index >= 15 is 0 Å². The zero-order chi connectivity index (χ0) is 23.4. The number of nitrogens with two attached hydrogens (primary N) is 1. The van der Waals surface area contributed by atoms with Crippen molar-refractivity contribution in [2.75, 3.05) is 13.1 Å². The van der Waals surface area contributed by atoms with E-state index in [4.69, 9.17) is 5.73 Å². The lowest BCUT2D eigenvalue weighted by Crippen LogP contribution is -2.39. The van der Waals surface area contributed by atoms with E-state index in [1.807, 2.05) is 12.1 Å². The number of amides is 1. The van der Waals surface area contributed by atoms with Gasteiger partial charge in [0.2, 0.25) is 5.60 Å². The van der Waals surface area contributed by atoms with Crippen LogP contribution in [0.5, 0.6) is 0 Å². The highest BCUT2D eigenvalue weighted by molar-refractivity contribution is 5.95. The summed E-state index contributed by atoms with van der Waals surface area (Å²) >= 11 is 0. The molecule has 6 nitrogen and oxygen atoms in total. The van der Waals surface area contributed by atoms with Crippen molar-refractivity contribution in [2.24, 2.45) is 5.73 Å². The van der Waals surface area contributed by atoms with Gasteiger partial charge in [0, 0.05) is 30.8 Å². The first-order valence-corrected chi connectivity index (χ1v) is 11.1. The summed E-state index contributed by atoms with van der Waals surface area (Å²) in [6, 6.07) is 22.8. The summed E-state index contributed by atoms with van der Waals surface area (Å²) in [6.45, 7) is 1.73. The van der Waals surface area contributed by atoms with E-state index in [0.29, 0.717) is 31.1 Å². The zero-order valence-corrected chi connectivity index (χ0v) is 18.4. The standard InChI is InChI=1S/C27H28N2O4/c28-18-19-6-4-7-21(16-19)20-12-14-29(15-13-20)25(30)22-8-5-11-24(17-22)27(33,26(31)32)23-9-2-1-3-10-23/h1-11,16-17,20,33H,12-15,18,28H2,(H,31,32)/t27-/m1/s1. The van der Waals surface area contributed by atoms with Gasteiger partial charge in [0.1, 0.15) is 0 Å². The number of carbonyl (C=O) groups excluding carboxylic acids is 1. The number of hydrogen-bond acceptors (Lipinski definition) is 4. The topological polar surface area (TPSA) is 104 Å². The number of hydrogen-bond donors (Lipinski definition) is 3. The van der Waals surface area contributed by atoms with E-state index in [2.05, 4.69) is 12.1 Å². The van der Waals surface area contributed by atoms with Crippen LogP contribution in [-0.2, 0) is 16.9 Å². The maximum absolute atomic E-state index is 13.2. The maximum atomic E-state index is 13.2. The second-order valence-electron chi connectivity index (χ2n) is 8.48. The number of aliphatic carboxylic acids is 1. The average Bonchev–Trinajstić information content (AvgIpc) is 2.88. The number of carboxylic acids is 1. The van der Waals surface area contributed by atoms with Crippen LogP contribution in [0.25, 0.3) is 0 Å². The predicted molar refractivity (Wildman–Crippen MR) is 126 cm³/mol. The van der Waals surface area contributed by atoms with Crippen molar-refractivity contribution in [3.05, 3.63) is 107 Å². The maximum Gasteiger partial charge on any atom is 0.345 e. The molecule has 0 radical (unpaired) electrons. The van der Waals surface area contributed by atoms with Crippen LogP contribution < -0.4 is 5.73 Å². The summed E-state index contributed by atoms with van der Waals surface area (Å²) in [4.78, 5) is 27.1. The van der Waals surface area contributed by atoms with Gasteiger partial charge in [-0.3, -0.25) is 4.79 Å². The molecule has 0 aromatic heterocycles. The number of benzene rings is 3. The van der Waals surface area contributed by atoms with Gasteiger partial charge in [0.05, 0.1) is 0 Å². The Morgan fingerprint density at radius 3 is 2.24 bits per heavy atom. The lowest BCUT2D eigenvalue weighted by molar-refractivity contribution is -0.155. The Hall–Kier alpha value is -3.48. The molecule has 1 aliphatic rings. The Morgan fingerprint density at radius 2 is 1.58 bits per heavy atom. The molecule has 3 aromatic rings. The molecule has 1 atom stereocenters. The van der Waals surface area contributed by atoms with Gasteiger partial charge in [-0.05, 0) is 47.6 Å². The van der Waals surface area contributed by atoms with Crippen molar-refractivity contribution in [2.45, 2.75) is 30.9 Å². The number of aliphatic hydroxyl groups is 1. The van der Waals surface area contributed by atoms with Crippen LogP contribution in [0.3, 0.4) is 0 Å². The fourth-order valence-electron chi connectivity index (χ4n) is 4.54. The summed E-state index contributed by atoms with van der Waals surface area (Å²) in [6.07, 6.45) is 1.70. The largest absolute Gasteiger partial charge is 0.479 e. The van der Waals surface area contributed by atoms with Crippen molar-refractivity contribution in [1.29, 1.82) is 0 Å². The number of piperidine rings is 1. The zero-order valence-electron chi connectivity index (χ0n) is 18.4. The molecule has 1 fully saturated rings. The van der Waals surface area contributed by atoms with Crippen LogP contribution in [0.2, 0.25) is 0 Å². The average molecular weight is 445 g/mol. The molecule has 0 saturated carbocycles. The Kier molecular flexibility index (Phi) is 6.58. The van der Waals surface area contributed by atoms with Gasteiger partial charge in [-0.25, -0.2) is 4.79 Å². The van der Waals surface area contributed by atoms with Crippen molar-refractivity contribution in [3.8, 4) is 0 Å². The van der Waals surface area contributed by atoms with Crippen LogP contribution in [0.15, 0.2) is 78.9 Å². The Balaban J connectivity index is 1.52. The Labute approximate surface area is 193 Å². The highest BCUT2D eigenvalue weighted by atomic mass is 16.4. The van der Waals surface area contributed by atoms with Crippen LogP contribution >= 0.6 is 0 Å². The number of carbonyl (C=O) groups is 2. The molecule has 0 unspecified atom stereocenters. The van der Waals surface area contributed by atoms with Crippen LogP contribution in [0.1, 0.15) is 51.4 Å². The van der Waals surface area contributed by atoms with E-state index in [9.17, 15) is 19.8 Å². The van der Waals surface area contributed by atoms with Gasteiger partial charge in [0.25, 0.3) is 5.91 Å². The van der Waals surface area contributed by atoms with Gasteiger partial charge in [-0.15, -0.1) is 0 Å². The first kappa shape index (κ1) is 22.7. The SMILES string of the molecule is NCc1cccc(C2CCN(C(=O)c3cccc([C@@](O)(C(=O)O)c4ccccc4)c3)CC2)c1. The van der Waals surface area contributed by atoms with Gasteiger partial charge >= 0.3 is 5.97 Å². The van der Waals surface area contributed by atoms with Crippen molar-refractivity contribution < 1.29 is 19.8 Å². The fraction of sp³-hybridized carbons (Fsp3) is 0.259. The predicted octanol–water partition coefficient (Wildman–Crippen LogP) is 3.49. The number of rotatable bonds is 6. The highest BCUT2D eigenvalue weighted by Gasteiger charge is 2.40. The molecule has 0 bridgehead atoms. The fourth-order valence-corrected chi connectivity index (χ4v) is 4.54.